The molecule has 0 bridgehead atoms. The lowest BCUT2D eigenvalue weighted by atomic mass is 9.92. The number of amides is 1. The summed E-state index contributed by atoms with van der Waals surface area (Å²) in [6.45, 7) is 8.64. The van der Waals surface area contributed by atoms with Gasteiger partial charge in [0.05, 0.1) is 31.9 Å². The summed E-state index contributed by atoms with van der Waals surface area (Å²) in [5.41, 5.74) is 3.98. The van der Waals surface area contributed by atoms with Crippen molar-refractivity contribution in [3.05, 3.63) is 100 Å². The van der Waals surface area contributed by atoms with Gasteiger partial charge >= 0.3 is 0 Å². The standard InChI is InChI=1S/C31H33NO5/c1-6-37-26-15-14-22(17-24(26)19(2)3)29(33)27-28(21-12-9-10-20(4)16-21)32(31(35)30(27)34)18-23-11-7-8-13-25(23)36-5/h7-17,19,28,33H,6,18H2,1-5H3/b29-27-. The summed E-state index contributed by atoms with van der Waals surface area (Å²) in [4.78, 5) is 28.4. The maximum absolute atomic E-state index is 13.5. The first-order valence-corrected chi connectivity index (χ1v) is 12.5. The summed E-state index contributed by atoms with van der Waals surface area (Å²) < 4.78 is 11.3. The number of rotatable bonds is 8. The number of para-hydroxylation sites is 1. The Balaban J connectivity index is 1.88. The lowest BCUT2D eigenvalue weighted by Crippen LogP contribution is -2.29. The van der Waals surface area contributed by atoms with E-state index in [9.17, 15) is 14.7 Å². The van der Waals surface area contributed by atoms with Gasteiger partial charge < -0.3 is 19.5 Å². The molecule has 0 radical (unpaired) electrons. The molecule has 0 spiro atoms. The third-order valence-electron chi connectivity index (χ3n) is 6.64. The third-order valence-corrected chi connectivity index (χ3v) is 6.64. The van der Waals surface area contributed by atoms with Crippen molar-refractivity contribution in [2.24, 2.45) is 0 Å². The van der Waals surface area contributed by atoms with Crippen molar-refractivity contribution < 1.29 is 24.2 Å². The zero-order chi connectivity index (χ0) is 26.7. The van der Waals surface area contributed by atoms with Crippen LogP contribution >= 0.6 is 0 Å². The summed E-state index contributed by atoms with van der Waals surface area (Å²) in [5, 5.41) is 11.5. The number of carbonyl (C=O) groups is 2. The van der Waals surface area contributed by atoms with Crippen LogP contribution in [-0.2, 0) is 16.1 Å². The molecule has 0 aliphatic carbocycles. The van der Waals surface area contributed by atoms with E-state index in [1.165, 1.54) is 4.90 Å². The third kappa shape index (κ3) is 5.10. The van der Waals surface area contributed by atoms with Crippen LogP contribution in [0.4, 0.5) is 0 Å². The van der Waals surface area contributed by atoms with Gasteiger partial charge in [0.15, 0.2) is 0 Å². The molecule has 1 saturated heterocycles. The van der Waals surface area contributed by atoms with E-state index in [0.29, 0.717) is 17.9 Å². The van der Waals surface area contributed by atoms with Gasteiger partial charge in [0.2, 0.25) is 0 Å². The largest absolute Gasteiger partial charge is 0.507 e. The van der Waals surface area contributed by atoms with E-state index in [-0.39, 0.29) is 23.8 Å². The van der Waals surface area contributed by atoms with Crippen LogP contribution < -0.4 is 9.47 Å². The Morgan fingerprint density at radius 3 is 2.43 bits per heavy atom. The van der Waals surface area contributed by atoms with E-state index in [2.05, 4.69) is 0 Å². The number of ketones is 1. The number of methoxy groups -OCH3 is 1. The second-order valence-corrected chi connectivity index (χ2v) is 9.49. The molecule has 1 amide bonds. The fraction of sp³-hybridized carbons (Fsp3) is 0.290. The van der Waals surface area contributed by atoms with E-state index in [1.807, 2.05) is 82.3 Å². The average molecular weight is 500 g/mol. The maximum Gasteiger partial charge on any atom is 0.295 e. The molecule has 37 heavy (non-hydrogen) atoms. The number of aliphatic hydroxyl groups is 1. The molecule has 0 saturated carbocycles. The van der Waals surface area contributed by atoms with Crippen LogP contribution in [0.5, 0.6) is 11.5 Å². The smallest absolute Gasteiger partial charge is 0.295 e. The van der Waals surface area contributed by atoms with Gasteiger partial charge in [0.1, 0.15) is 17.3 Å². The number of carbonyl (C=O) groups excluding carboxylic acids is 2. The van der Waals surface area contributed by atoms with E-state index < -0.39 is 17.7 Å². The van der Waals surface area contributed by atoms with Crippen LogP contribution in [0.15, 0.2) is 72.3 Å². The second kappa shape index (κ2) is 10.9. The lowest BCUT2D eigenvalue weighted by molar-refractivity contribution is -0.140. The molecule has 3 aromatic rings. The Bertz CT molecular complexity index is 1360. The highest BCUT2D eigenvalue weighted by Gasteiger charge is 2.46. The first-order chi connectivity index (χ1) is 17.8. The number of benzene rings is 3. The van der Waals surface area contributed by atoms with E-state index in [4.69, 9.17) is 9.47 Å². The minimum Gasteiger partial charge on any atom is -0.507 e. The molecule has 1 N–H and O–H groups in total. The van der Waals surface area contributed by atoms with E-state index in [1.54, 1.807) is 19.2 Å². The van der Waals surface area contributed by atoms with Crippen molar-refractivity contribution in [1.82, 2.24) is 4.90 Å². The summed E-state index contributed by atoms with van der Waals surface area (Å²) in [7, 11) is 1.57. The number of aryl methyl sites for hydroxylation is 1. The van der Waals surface area contributed by atoms with Gasteiger partial charge in [-0.1, -0.05) is 61.9 Å². The predicted molar refractivity (Wildman–Crippen MR) is 144 cm³/mol. The number of hydrogen-bond acceptors (Lipinski definition) is 5. The Labute approximate surface area is 218 Å². The molecule has 1 unspecified atom stereocenters. The Kier molecular flexibility index (Phi) is 7.67. The van der Waals surface area contributed by atoms with Gasteiger partial charge in [0, 0.05) is 11.1 Å². The number of Topliss-reactive ketones (excluding diaryl/α,β-unsaturated/α-hetero) is 1. The van der Waals surface area contributed by atoms with E-state index in [0.717, 1.165) is 28.0 Å². The van der Waals surface area contributed by atoms with Gasteiger partial charge in [-0.05, 0) is 55.2 Å². The van der Waals surface area contributed by atoms with E-state index >= 15 is 0 Å². The normalized spacial score (nSPS) is 16.9. The zero-order valence-electron chi connectivity index (χ0n) is 21.9. The molecule has 0 aromatic heterocycles. The van der Waals surface area contributed by atoms with Gasteiger partial charge in [-0.2, -0.15) is 0 Å². The minimum atomic E-state index is -0.751. The fourth-order valence-corrected chi connectivity index (χ4v) is 4.84. The molecule has 1 fully saturated rings. The number of likely N-dealkylation sites (tertiary alicyclic amines) is 1. The molecule has 6 heteroatoms. The van der Waals surface area contributed by atoms with Gasteiger partial charge in [-0.25, -0.2) is 0 Å². The lowest BCUT2D eigenvalue weighted by Gasteiger charge is -2.26. The van der Waals surface area contributed by atoms with Crippen molar-refractivity contribution >= 4 is 17.4 Å². The molecule has 1 aliphatic heterocycles. The summed E-state index contributed by atoms with van der Waals surface area (Å²) in [5.74, 6) is -0.0681. The molecular weight excluding hydrogens is 466 g/mol. The molecule has 1 atom stereocenters. The Hall–Kier alpha value is -4.06. The summed E-state index contributed by atoms with van der Waals surface area (Å²) in [6, 6.07) is 19.7. The first kappa shape index (κ1) is 26.0. The summed E-state index contributed by atoms with van der Waals surface area (Å²) in [6.07, 6.45) is 0. The van der Waals surface area contributed by atoms with Crippen LogP contribution in [0.1, 0.15) is 60.5 Å². The summed E-state index contributed by atoms with van der Waals surface area (Å²) >= 11 is 0. The number of ether oxygens (including phenoxy) is 2. The molecule has 6 nitrogen and oxygen atoms in total. The Morgan fingerprint density at radius 1 is 1.00 bits per heavy atom. The molecular formula is C31H33NO5. The van der Waals surface area contributed by atoms with Crippen LogP contribution in [0.3, 0.4) is 0 Å². The minimum absolute atomic E-state index is 0.0735. The maximum atomic E-state index is 13.5. The molecule has 3 aromatic carbocycles. The second-order valence-electron chi connectivity index (χ2n) is 9.49. The molecule has 1 heterocycles. The highest BCUT2D eigenvalue weighted by Crippen LogP contribution is 2.42. The van der Waals surface area contributed by atoms with Crippen molar-refractivity contribution in [3.8, 4) is 11.5 Å². The number of nitrogens with zero attached hydrogens (tertiary/aromatic N) is 1. The monoisotopic (exact) mass is 499 g/mol. The highest BCUT2D eigenvalue weighted by atomic mass is 16.5. The van der Waals surface area contributed by atoms with Crippen LogP contribution in [0.2, 0.25) is 0 Å². The number of aliphatic hydroxyl groups excluding tert-OH is 1. The Morgan fingerprint density at radius 2 is 1.76 bits per heavy atom. The number of hydrogen-bond donors (Lipinski definition) is 1. The van der Waals surface area contributed by atoms with Crippen molar-refractivity contribution in [2.45, 2.75) is 46.2 Å². The quantitative estimate of drug-likeness (QED) is 0.229. The average Bonchev–Trinajstić information content (AvgIpc) is 3.14. The van der Waals surface area contributed by atoms with Crippen LogP contribution in [-0.4, -0.2) is 35.4 Å². The first-order valence-electron chi connectivity index (χ1n) is 12.5. The highest BCUT2D eigenvalue weighted by molar-refractivity contribution is 6.46. The topological polar surface area (TPSA) is 76.1 Å². The van der Waals surface area contributed by atoms with Gasteiger partial charge in [-0.3, -0.25) is 9.59 Å². The SMILES string of the molecule is CCOc1ccc(/C(O)=C2/C(=O)C(=O)N(Cc3ccccc3OC)C2c2cccc(C)c2)cc1C(C)C. The van der Waals surface area contributed by atoms with Crippen LogP contribution in [0, 0.1) is 6.92 Å². The van der Waals surface area contributed by atoms with Crippen molar-refractivity contribution in [3.63, 3.8) is 0 Å². The van der Waals surface area contributed by atoms with Crippen molar-refractivity contribution in [2.75, 3.05) is 13.7 Å². The fourth-order valence-electron chi connectivity index (χ4n) is 4.84. The predicted octanol–water partition coefficient (Wildman–Crippen LogP) is 6.15. The van der Waals surface area contributed by atoms with Crippen molar-refractivity contribution in [1.29, 1.82) is 0 Å². The molecule has 192 valence electrons. The van der Waals surface area contributed by atoms with Crippen LogP contribution in [0.25, 0.3) is 5.76 Å². The molecule has 4 rings (SSSR count). The van der Waals surface area contributed by atoms with Gasteiger partial charge in [-0.15, -0.1) is 0 Å². The van der Waals surface area contributed by atoms with Gasteiger partial charge in [0.25, 0.3) is 11.7 Å². The molecule has 1 aliphatic rings. The zero-order valence-corrected chi connectivity index (χ0v) is 21.9.